The molecule has 2 nitrogen and oxygen atoms in total. The van der Waals surface area contributed by atoms with Crippen molar-refractivity contribution in [3.63, 3.8) is 0 Å². The summed E-state index contributed by atoms with van der Waals surface area (Å²) in [5.74, 6) is -0.543. The van der Waals surface area contributed by atoms with Gasteiger partial charge in [-0.2, -0.15) is 0 Å². The first-order chi connectivity index (χ1) is 10.1. The molecule has 21 heavy (non-hydrogen) atoms. The van der Waals surface area contributed by atoms with Gasteiger partial charge < -0.3 is 0 Å². The Balaban J connectivity index is 1.96. The topological polar surface area (TPSA) is 30.0 Å². The lowest BCUT2D eigenvalue weighted by molar-refractivity contribution is 0.0993. The molecule has 0 fully saturated rings. The minimum absolute atomic E-state index is 0.119. The molecule has 0 saturated heterocycles. The number of rotatable bonds is 3. The summed E-state index contributed by atoms with van der Waals surface area (Å²) in [6.45, 7) is 0. The van der Waals surface area contributed by atoms with E-state index in [9.17, 15) is 9.18 Å². The maximum absolute atomic E-state index is 13.4. The fourth-order valence-electron chi connectivity index (χ4n) is 2.30. The standard InChI is InChI=1S/C17H11BrFNO/c18-13-7-12(8-14(19)10-13)17(21)9-11-5-6-20-16-4-2-1-3-15(11)16/h1-8,10H,9H2. The van der Waals surface area contributed by atoms with Gasteiger partial charge in [-0.3, -0.25) is 9.78 Å². The molecule has 0 spiro atoms. The van der Waals surface area contributed by atoms with Gasteiger partial charge in [0.25, 0.3) is 0 Å². The number of ketones is 1. The van der Waals surface area contributed by atoms with E-state index in [1.165, 1.54) is 12.1 Å². The largest absolute Gasteiger partial charge is 0.294 e. The molecular formula is C17H11BrFNO. The quantitative estimate of drug-likeness (QED) is 0.652. The van der Waals surface area contributed by atoms with Crippen molar-refractivity contribution < 1.29 is 9.18 Å². The van der Waals surface area contributed by atoms with Crippen LogP contribution >= 0.6 is 15.9 Å². The number of nitrogens with zero attached hydrogens (tertiary/aromatic N) is 1. The summed E-state index contributed by atoms with van der Waals surface area (Å²) in [5.41, 5.74) is 2.11. The zero-order valence-electron chi connectivity index (χ0n) is 11.0. The highest BCUT2D eigenvalue weighted by molar-refractivity contribution is 9.10. The molecule has 0 aliphatic heterocycles. The van der Waals surface area contributed by atoms with Crippen LogP contribution in [-0.4, -0.2) is 10.8 Å². The van der Waals surface area contributed by atoms with Crippen molar-refractivity contribution in [2.75, 3.05) is 0 Å². The number of hydrogen-bond acceptors (Lipinski definition) is 2. The number of carbonyl (C=O) groups excluding carboxylic acids is 1. The molecule has 104 valence electrons. The Morgan fingerprint density at radius 3 is 2.76 bits per heavy atom. The maximum atomic E-state index is 13.4. The highest BCUT2D eigenvalue weighted by atomic mass is 79.9. The van der Waals surface area contributed by atoms with E-state index in [0.717, 1.165) is 16.5 Å². The van der Waals surface area contributed by atoms with Gasteiger partial charge in [-0.05, 0) is 35.9 Å². The van der Waals surface area contributed by atoms with Gasteiger partial charge >= 0.3 is 0 Å². The summed E-state index contributed by atoms with van der Waals surface area (Å²) in [4.78, 5) is 16.6. The third kappa shape index (κ3) is 3.00. The summed E-state index contributed by atoms with van der Waals surface area (Å²) in [5, 5.41) is 0.948. The SMILES string of the molecule is O=C(Cc1ccnc2ccccc12)c1cc(F)cc(Br)c1. The minimum atomic E-state index is -0.424. The molecule has 1 aromatic heterocycles. The fraction of sp³-hybridized carbons (Fsp3) is 0.0588. The van der Waals surface area contributed by atoms with Gasteiger partial charge in [0.15, 0.2) is 5.78 Å². The van der Waals surface area contributed by atoms with Crippen LogP contribution in [0.2, 0.25) is 0 Å². The van der Waals surface area contributed by atoms with Crippen LogP contribution in [0, 0.1) is 5.82 Å². The number of fused-ring (bicyclic) bond motifs is 1. The molecule has 0 radical (unpaired) electrons. The van der Waals surface area contributed by atoms with Gasteiger partial charge in [-0.1, -0.05) is 34.1 Å². The Labute approximate surface area is 129 Å². The number of hydrogen-bond donors (Lipinski definition) is 0. The number of pyridine rings is 1. The molecule has 2 aromatic carbocycles. The predicted octanol–water partition coefficient (Wildman–Crippen LogP) is 4.56. The molecule has 0 atom stereocenters. The summed E-state index contributed by atoms with van der Waals surface area (Å²) in [6, 6.07) is 13.7. The Bertz CT molecular complexity index is 806. The van der Waals surface area contributed by atoms with Gasteiger partial charge in [0.1, 0.15) is 5.82 Å². The van der Waals surface area contributed by atoms with E-state index in [1.54, 1.807) is 12.3 Å². The van der Waals surface area contributed by atoms with Crippen LogP contribution in [-0.2, 0) is 6.42 Å². The monoisotopic (exact) mass is 343 g/mol. The summed E-state index contributed by atoms with van der Waals surface area (Å²) in [7, 11) is 0. The van der Waals surface area contributed by atoms with E-state index >= 15 is 0 Å². The van der Waals surface area contributed by atoms with Crippen LogP contribution in [0.25, 0.3) is 10.9 Å². The Morgan fingerprint density at radius 2 is 1.95 bits per heavy atom. The van der Waals surface area contributed by atoms with Crippen molar-refractivity contribution in [3.8, 4) is 0 Å². The Kier molecular flexibility index (Phi) is 3.80. The molecule has 3 aromatic rings. The van der Waals surface area contributed by atoms with Crippen molar-refractivity contribution in [1.29, 1.82) is 0 Å². The Hall–Kier alpha value is -2.07. The van der Waals surface area contributed by atoms with Gasteiger partial charge in [0, 0.05) is 28.0 Å². The molecule has 0 unspecified atom stereocenters. The second kappa shape index (κ2) is 5.74. The molecule has 0 bridgehead atoms. The molecular weight excluding hydrogens is 333 g/mol. The van der Waals surface area contributed by atoms with E-state index in [1.807, 2.05) is 30.3 Å². The van der Waals surface area contributed by atoms with E-state index in [4.69, 9.17) is 0 Å². The highest BCUT2D eigenvalue weighted by Crippen LogP contribution is 2.20. The third-order valence-corrected chi connectivity index (χ3v) is 3.73. The van der Waals surface area contributed by atoms with Crippen molar-refractivity contribution in [3.05, 3.63) is 76.1 Å². The van der Waals surface area contributed by atoms with Gasteiger partial charge in [0.2, 0.25) is 0 Å². The summed E-state index contributed by atoms with van der Waals surface area (Å²) < 4.78 is 13.9. The molecule has 1 heterocycles. The van der Waals surface area contributed by atoms with Crippen LogP contribution in [0.5, 0.6) is 0 Å². The van der Waals surface area contributed by atoms with Crippen molar-refractivity contribution in [2.45, 2.75) is 6.42 Å². The van der Waals surface area contributed by atoms with Gasteiger partial charge in [-0.25, -0.2) is 4.39 Å². The number of Topliss-reactive ketones (excluding diaryl/α,β-unsaturated/α-hetero) is 1. The number of benzene rings is 2. The lowest BCUT2D eigenvalue weighted by atomic mass is 10.00. The van der Waals surface area contributed by atoms with Gasteiger partial charge in [0.05, 0.1) is 5.52 Å². The molecule has 0 amide bonds. The van der Waals surface area contributed by atoms with E-state index < -0.39 is 5.82 Å². The lowest BCUT2D eigenvalue weighted by Gasteiger charge is -2.06. The molecule has 0 N–H and O–H groups in total. The van der Waals surface area contributed by atoms with Crippen LogP contribution in [0.15, 0.2) is 59.2 Å². The van der Waals surface area contributed by atoms with Crippen molar-refractivity contribution in [2.24, 2.45) is 0 Å². The zero-order chi connectivity index (χ0) is 14.8. The Morgan fingerprint density at radius 1 is 1.14 bits per heavy atom. The molecule has 0 aliphatic carbocycles. The summed E-state index contributed by atoms with van der Waals surface area (Å²) in [6.07, 6.45) is 1.91. The number of para-hydroxylation sites is 1. The number of halogens is 2. The van der Waals surface area contributed by atoms with Gasteiger partial charge in [-0.15, -0.1) is 0 Å². The first-order valence-electron chi connectivity index (χ1n) is 6.45. The van der Waals surface area contributed by atoms with E-state index in [2.05, 4.69) is 20.9 Å². The van der Waals surface area contributed by atoms with Crippen molar-refractivity contribution in [1.82, 2.24) is 4.98 Å². The molecule has 3 rings (SSSR count). The summed E-state index contributed by atoms with van der Waals surface area (Å²) >= 11 is 3.20. The minimum Gasteiger partial charge on any atom is -0.294 e. The van der Waals surface area contributed by atoms with Crippen molar-refractivity contribution >= 4 is 32.6 Å². The van der Waals surface area contributed by atoms with E-state index in [-0.39, 0.29) is 12.2 Å². The lowest BCUT2D eigenvalue weighted by Crippen LogP contribution is -2.05. The van der Waals surface area contributed by atoms with Crippen LogP contribution < -0.4 is 0 Å². The average molecular weight is 344 g/mol. The predicted molar refractivity (Wildman–Crippen MR) is 83.9 cm³/mol. The zero-order valence-corrected chi connectivity index (χ0v) is 12.6. The average Bonchev–Trinajstić information content (AvgIpc) is 2.46. The second-order valence-electron chi connectivity index (χ2n) is 4.75. The molecule has 0 aliphatic rings. The van der Waals surface area contributed by atoms with Crippen LogP contribution in [0.4, 0.5) is 4.39 Å². The normalized spacial score (nSPS) is 10.8. The number of aromatic nitrogens is 1. The first kappa shape index (κ1) is 13.9. The molecule has 0 saturated carbocycles. The first-order valence-corrected chi connectivity index (χ1v) is 7.25. The highest BCUT2D eigenvalue weighted by Gasteiger charge is 2.11. The second-order valence-corrected chi connectivity index (χ2v) is 5.66. The van der Waals surface area contributed by atoms with E-state index in [0.29, 0.717) is 10.0 Å². The van der Waals surface area contributed by atoms with Crippen LogP contribution in [0.3, 0.4) is 0 Å². The van der Waals surface area contributed by atoms with Crippen LogP contribution in [0.1, 0.15) is 15.9 Å². The fourth-order valence-corrected chi connectivity index (χ4v) is 2.76. The molecule has 4 heteroatoms. The third-order valence-electron chi connectivity index (χ3n) is 3.27. The smallest absolute Gasteiger partial charge is 0.167 e. The maximum Gasteiger partial charge on any atom is 0.167 e. The number of carbonyl (C=O) groups is 1.